The zero-order valence-electron chi connectivity index (χ0n) is 10.0. The number of piperidine rings is 1. The molecule has 1 rings (SSSR count). The van der Waals surface area contributed by atoms with Crippen molar-refractivity contribution >= 4 is 5.91 Å². The highest BCUT2D eigenvalue weighted by molar-refractivity contribution is 5.77. The quantitative estimate of drug-likeness (QED) is 0.712. The van der Waals surface area contributed by atoms with Gasteiger partial charge in [-0.1, -0.05) is 24.8 Å². The van der Waals surface area contributed by atoms with Crippen LogP contribution in [0.15, 0.2) is 36.1 Å². The molecule has 0 spiro atoms. The number of carbonyl (C=O) groups excluding carboxylic acids is 1. The Hall–Kier alpha value is -1.51. The molecule has 1 saturated heterocycles. The van der Waals surface area contributed by atoms with Gasteiger partial charge >= 0.3 is 0 Å². The van der Waals surface area contributed by atoms with Crippen molar-refractivity contribution in [2.45, 2.75) is 20.3 Å². The molecule has 0 aromatic carbocycles. The van der Waals surface area contributed by atoms with Gasteiger partial charge in [-0.2, -0.15) is 0 Å². The van der Waals surface area contributed by atoms with E-state index in [0.29, 0.717) is 18.7 Å². The van der Waals surface area contributed by atoms with Gasteiger partial charge in [0.15, 0.2) is 0 Å². The number of nitrogens with two attached hydrogens (primary N) is 1. The van der Waals surface area contributed by atoms with E-state index >= 15 is 0 Å². The van der Waals surface area contributed by atoms with Crippen molar-refractivity contribution < 1.29 is 4.79 Å². The highest BCUT2D eigenvalue weighted by Crippen LogP contribution is 2.31. The van der Waals surface area contributed by atoms with Crippen LogP contribution < -0.4 is 11.1 Å². The molecule has 3 heteroatoms. The maximum Gasteiger partial charge on any atom is 0.220 e. The van der Waals surface area contributed by atoms with E-state index < -0.39 is 0 Å². The average molecular weight is 220 g/mol. The van der Waals surface area contributed by atoms with Crippen LogP contribution in [0.3, 0.4) is 0 Å². The topological polar surface area (TPSA) is 55.1 Å². The Labute approximate surface area is 97.1 Å². The minimum atomic E-state index is 0.0247. The highest BCUT2D eigenvalue weighted by Gasteiger charge is 2.32. The zero-order valence-corrected chi connectivity index (χ0v) is 10.0. The molecule has 0 aliphatic carbocycles. The Morgan fingerprint density at radius 2 is 2.12 bits per heavy atom. The number of amides is 1. The van der Waals surface area contributed by atoms with E-state index in [2.05, 4.69) is 18.5 Å². The molecule has 0 bridgehead atoms. The average Bonchev–Trinajstić information content (AvgIpc) is 2.20. The summed E-state index contributed by atoms with van der Waals surface area (Å²) in [6.07, 6.45) is 2.28. The monoisotopic (exact) mass is 220 g/mol. The fraction of sp³-hybridized carbons (Fsp3) is 0.462. The van der Waals surface area contributed by atoms with E-state index in [1.165, 1.54) is 5.57 Å². The molecule has 1 aliphatic heterocycles. The molecule has 1 aliphatic rings. The molecular formula is C13H20N2O. The molecule has 16 heavy (non-hydrogen) atoms. The standard InChI is InChI=1S/C13H20N2O/c1-5-10(8(2)3)12-7-15-13(16)6-11(12)9(4)14/h5,11-12H,1,4,6-7,14H2,2-3H3,(H,15,16)/t11-,12-/m1/s1. The summed E-state index contributed by atoms with van der Waals surface area (Å²) in [4.78, 5) is 11.4. The SMILES string of the molecule is C=CC(=C(C)C)[C@H]1CNC(=O)C[C@@H]1C(=C)N. The van der Waals surface area contributed by atoms with E-state index in [-0.39, 0.29) is 17.7 Å². The maximum absolute atomic E-state index is 11.4. The van der Waals surface area contributed by atoms with E-state index in [1.54, 1.807) is 0 Å². The minimum absolute atomic E-state index is 0.0247. The van der Waals surface area contributed by atoms with Gasteiger partial charge in [-0.05, 0) is 19.4 Å². The van der Waals surface area contributed by atoms with Gasteiger partial charge in [0.25, 0.3) is 0 Å². The smallest absolute Gasteiger partial charge is 0.220 e. The first-order chi connectivity index (χ1) is 7.47. The number of hydrogen-bond donors (Lipinski definition) is 2. The number of hydrogen-bond acceptors (Lipinski definition) is 2. The molecule has 0 aromatic heterocycles. The Morgan fingerprint density at radius 3 is 2.56 bits per heavy atom. The first-order valence-electron chi connectivity index (χ1n) is 5.48. The van der Waals surface area contributed by atoms with Crippen LogP contribution in [0.25, 0.3) is 0 Å². The van der Waals surface area contributed by atoms with Gasteiger partial charge < -0.3 is 11.1 Å². The summed E-state index contributed by atoms with van der Waals surface area (Å²) in [6.45, 7) is 12.3. The Morgan fingerprint density at radius 1 is 1.50 bits per heavy atom. The lowest BCUT2D eigenvalue weighted by atomic mass is 9.78. The Balaban J connectivity index is 3.01. The number of carbonyl (C=O) groups is 1. The van der Waals surface area contributed by atoms with Crippen LogP contribution in [0.2, 0.25) is 0 Å². The predicted octanol–water partition coefficient (Wildman–Crippen LogP) is 1.73. The zero-order chi connectivity index (χ0) is 12.3. The van der Waals surface area contributed by atoms with Crippen molar-refractivity contribution in [1.82, 2.24) is 5.32 Å². The van der Waals surface area contributed by atoms with E-state index in [4.69, 9.17) is 5.73 Å². The molecule has 0 unspecified atom stereocenters. The highest BCUT2D eigenvalue weighted by atomic mass is 16.1. The van der Waals surface area contributed by atoms with Crippen molar-refractivity contribution in [1.29, 1.82) is 0 Å². The van der Waals surface area contributed by atoms with Crippen LogP contribution in [0, 0.1) is 11.8 Å². The summed E-state index contributed by atoms with van der Waals surface area (Å²) >= 11 is 0. The lowest BCUT2D eigenvalue weighted by molar-refractivity contribution is -0.123. The van der Waals surface area contributed by atoms with Crippen molar-refractivity contribution in [2.75, 3.05) is 6.54 Å². The van der Waals surface area contributed by atoms with Crippen LogP contribution >= 0.6 is 0 Å². The molecule has 0 radical (unpaired) electrons. The van der Waals surface area contributed by atoms with Gasteiger partial charge in [0.2, 0.25) is 5.91 Å². The third kappa shape index (κ3) is 2.54. The minimum Gasteiger partial charge on any atom is -0.402 e. The molecule has 3 nitrogen and oxygen atoms in total. The second-order valence-electron chi connectivity index (χ2n) is 4.46. The summed E-state index contributed by atoms with van der Waals surface area (Å²) < 4.78 is 0. The molecule has 0 aromatic rings. The second kappa shape index (κ2) is 5.01. The lowest BCUT2D eigenvalue weighted by Gasteiger charge is -2.33. The largest absolute Gasteiger partial charge is 0.402 e. The van der Waals surface area contributed by atoms with E-state index in [9.17, 15) is 4.79 Å². The van der Waals surface area contributed by atoms with Crippen molar-refractivity contribution in [3.05, 3.63) is 36.1 Å². The third-order valence-electron chi connectivity index (χ3n) is 3.08. The molecule has 1 amide bonds. The van der Waals surface area contributed by atoms with Crippen LogP contribution in [-0.2, 0) is 4.79 Å². The number of nitrogens with one attached hydrogen (secondary N) is 1. The van der Waals surface area contributed by atoms with Gasteiger partial charge in [-0.15, -0.1) is 0 Å². The van der Waals surface area contributed by atoms with Crippen LogP contribution in [0.5, 0.6) is 0 Å². The molecular weight excluding hydrogens is 200 g/mol. The fourth-order valence-corrected chi connectivity index (χ4v) is 2.22. The normalized spacial score (nSPS) is 24.5. The summed E-state index contributed by atoms with van der Waals surface area (Å²) in [5.41, 5.74) is 8.74. The Bertz CT molecular complexity index is 351. The van der Waals surface area contributed by atoms with Crippen LogP contribution in [-0.4, -0.2) is 12.5 Å². The van der Waals surface area contributed by atoms with Gasteiger partial charge in [0.05, 0.1) is 0 Å². The number of allylic oxidation sites excluding steroid dienone is 3. The Kier molecular flexibility index (Phi) is 3.93. The van der Waals surface area contributed by atoms with Crippen molar-refractivity contribution in [3.8, 4) is 0 Å². The summed E-state index contributed by atoms with van der Waals surface area (Å²) in [5, 5.41) is 2.87. The second-order valence-corrected chi connectivity index (χ2v) is 4.46. The molecule has 3 N–H and O–H groups in total. The van der Waals surface area contributed by atoms with Gasteiger partial charge in [-0.25, -0.2) is 0 Å². The predicted molar refractivity (Wildman–Crippen MR) is 66.5 cm³/mol. The van der Waals surface area contributed by atoms with Crippen molar-refractivity contribution in [3.63, 3.8) is 0 Å². The van der Waals surface area contributed by atoms with Gasteiger partial charge in [-0.3, -0.25) is 4.79 Å². The maximum atomic E-state index is 11.4. The van der Waals surface area contributed by atoms with Crippen LogP contribution in [0.1, 0.15) is 20.3 Å². The molecule has 2 atom stereocenters. The van der Waals surface area contributed by atoms with Crippen LogP contribution in [0.4, 0.5) is 0 Å². The first-order valence-corrected chi connectivity index (χ1v) is 5.48. The van der Waals surface area contributed by atoms with Crippen molar-refractivity contribution in [2.24, 2.45) is 17.6 Å². The van der Waals surface area contributed by atoms with Gasteiger partial charge in [0, 0.05) is 30.5 Å². The van der Waals surface area contributed by atoms with E-state index in [0.717, 1.165) is 5.57 Å². The molecule has 1 fully saturated rings. The summed E-state index contributed by atoms with van der Waals surface area (Å²) in [7, 11) is 0. The number of rotatable bonds is 3. The third-order valence-corrected chi connectivity index (χ3v) is 3.08. The lowest BCUT2D eigenvalue weighted by Crippen LogP contribution is -2.43. The summed E-state index contributed by atoms with van der Waals surface area (Å²) in [5.74, 6) is 0.277. The summed E-state index contributed by atoms with van der Waals surface area (Å²) in [6, 6.07) is 0. The fourth-order valence-electron chi connectivity index (χ4n) is 2.22. The van der Waals surface area contributed by atoms with Gasteiger partial charge in [0.1, 0.15) is 0 Å². The molecule has 1 heterocycles. The molecule has 0 saturated carbocycles. The van der Waals surface area contributed by atoms with E-state index in [1.807, 2.05) is 19.9 Å². The first kappa shape index (κ1) is 12.6. The molecule has 88 valence electrons.